The molecule has 1 aromatic rings. The van der Waals surface area contributed by atoms with E-state index in [1.165, 1.54) is 12.1 Å². The number of aliphatic hydroxyl groups is 1. The lowest BCUT2D eigenvalue weighted by Crippen LogP contribution is -2.31. The summed E-state index contributed by atoms with van der Waals surface area (Å²) in [7, 11) is 0. The van der Waals surface area contributed by atoms with Crippen molar-refractivity contribution in [2.24, 2.45) is 11.8 Å². The second-order valence-corrected chi connectivity index (χ2v) is 7.82. The number of ether oxygens (including phenoxy) is 1. The molecule has 0 unspecified atom stereocenters. The maximum absolute atomic E-state index is 12.6. The molecular formula is C22H30O4. The van der Waals surface area contributed by atoms with E-state index in [-0.39, 0.29) is 23.7 Å². The number of esters is 1. The van der Waals surface area contributed by atoms with Gasteiger partial charge in [-0.05, 0) is 56.9 Å². The van der Waals surface area contributed by atoms with Crippen LogP contribution in [0.15, 0.2) is 48.1 Å². The van der Waals surface area contributed by atoms with Gasteiger partial charge in [0.25, 0.3) is 0 Å². The molecule has 0 fully saturated rings. The minimum absolute atomic E-state index is 0.00369. The molecular weight excluding hydrogens is 328 g/mol. The van der Waals surface area contributed by atoms with Crippen molar-refractivity contribution in [1.82, 2.24) is 0 Å². The Morgan fingerprint density at radius 3 is 2.54 bits per heavy atom. The molecule has 1 aromatic carbocycles. The molecule has 4 heteroatoms. The first kappa shape index (κ1) is 20.2. The number of allylic oxidation sites excluding steroid dienone is 1. The van der Waals surface area contributed by atoms with E-state index in [9.17, 15) is 15.0 Å². The molecule has 0 heterocycles. The van der Waals surface area contributed by atoms with Crippen LogP contribution in [-0.2, 0) is 4.74 Å². The van der Waals surface area contributed by atoms with Crippen LogP contribution < -0.4 is 0 Å². The molecule has 0 saturated carbocycles. The summed E-state index contributed by atoms with van der Waals surface area (Å²) >= 11 is 0. The Labute approximate surface area is 156 Å². The molecule has 0 bridgehead atoms. The van der Waals surface area contributed by atoms with Crippen molar-refractivity contribution in [2.75, 3.05) is 0 Å². The maximum atomic E-state index is 12.6. The summed E-state index contributed by atoms with van der Waals surface area (Å²) in [6, 6.07) is 6.08. The molecule has 0 aliphatic heterocycles. The van der Waals surface area contributed by atoms with E-state index in [1.54, 1.807) is 12.1 Å². The average molecular weight is 358 g/mol. The molecule has 0 spiro atoms. The summed E-state index contributed by atoms with van der Waals surface area (Å²) in [5, 5.41) is 19.9. The topological polar surface area (TPSA) is 66.8 Å². The number of phenolic OH excluding ortho intramolecular Hbond substituents is 1. The molecule has 2 rings (SSSR count). The zero-order valence-corrected chi connectivity index (χ0v) is 16.1. The molecule has 0 amide bonds. The van der Waals surface area contributed by atoms with Crippen LogP contribution in [0.25, 0.3) is 0 Å². The van der Waals surface area contributed by atoms with Crippen molar-refractivity contribution >= 4 is 5.97 Å². The van der Waals surface area contributed by atoms with Gasteiger partial charge in [-0.2, -0.15) is 0 Å². The quantitative estimate of drug-likeness (QED) is 0.611. The van der Waals surface area contributed by atoms with Crippen LogP contribution in [0.3, 0.4) is 0 Å². The van der Waals surface area contributed by atoms with Crippen LogP contribution in [0, 0.1) is 11.8 Å². The first-order chi connectivity index (χ1) is 12.2. The number of hydrogen-bond acceptors (Lipinski definition) is 4. The lowest BCUT2D eigenvalue weighted by atomic mass is 9.83. The van der Waals surface area contributed by atoms with E-state index in [4.69, 9.17) is 4.74 Å². The molecule has 26 heavy (non-hydrogen) atoms. The minimum atomic E-state index is -0.868. The zero-order valence-electron chi connectivity index (χ0n) is 16.1. The highest BCUT2D eigenvalue weighted by molar-refractivity contribution is 5.89. The van der Waals surface area contributed by atoms with Gasteiger partial charge in [0.2, 0.25) is 0 Å². The van der Waals surface area contributed by atoms with Crippen LogP contribution in [0.5, 0.6) is 5.75 Å². The van der Waals surface area contributed by atoms with Gasteiger partial charge in [0, 0.05) is 12.3 Å². The number of benzene rings is 1. The highest BCUT2D eigenvalue weighted by Gasteiger charge is 2.29. The largest absolute Gasteiger partial charge is 0.508 e. The van der Waals surface area contributed by atoms with E-state index in [0.29, 0.717) is 18.4 Å². The van der Waals surface area contributed by atoms with Gasteiger partial charge in [-0.1, -0.05) is 37.6 Å². The van der Waals surface area contributed by atoms with E-state index in [0.717, 1.165) is 12.0 Å². The second kappa shape index (κ2) is 8.54. The van der Waals surface area contributed by atoms with Gasteiger partial charge in [-0.3, -0.25) is 0 Å². The van der Waals surface area contributed by atoms with E-state index >= 15 is 0 Å². The third kappa shape index (κ3) is 5.73. The Morgan fingerprint density at radius 1 is 1.27 bits per heavy atom. The molecule has 4 nitrogen and oxygen atoms in total. The lowest BCUT2D eigenvalue weighted by molar-refractivity contribution is 0.0139. The Bertz CT molecular complexity index is 668. The molecule has 0 saturated heterocycles. The number of carbonyl (C=O) groups excluding carboxylic acids is 1. The predicted molar refractivity (Wildman–Crippen MR) is 103 cm³/mol. The van der Waals surface area contributed by atoms with Crippen molar-refractivity contribution in [3.05, 3.63) is 53.6 Å². The molecule has 3 atom stereocenters. The number of phenols is 1. The Balaban J connectivity index is 2.28. The molecule has 2 N–H and O–H groups in total. The first-order valence-corrected chi connectivity index (χ1v) is 9.25. The summed E-state index contributed by atoms with van der Waals surface area (Å²) in [4.78, 5) is 12.6. The fourth-order valence-electron chi connectivity index (χ4n) is 3.25. The molecule has 0 radical (unpaired) electrons. The molecule has 1 aliphatic carbocycles. The highest BCUT2D eigenvalue weighted by atomic mass is 16.5. The summed E-state index contributed by atoms with van der Waals surface area (Å²) in [5.74, 6) is -0.0224. The summed E-state index contributed by atoms with van der Waals surface area (Å²) < 4.78 is 5.87. The monoisotopic (exact) mass is 358 g/mol. The third-order valence-corrected chi connectivity index (χ3v) is 4.90. The number of carbonyl (C=O) groups is 1. The molecule has 142 valence electrons. The average Bonchev–Trinajstić information content (AvgIpc) is 2.54. The number of aromatic hydroxyl groups is 1. The van der Waals surface area contributed by atoms with Crippen LogP contribution in [-0.4, -0.2) is 27.9 Å². The normalized spacial score (nSPS) is 27.1. The smallest absolute Gasteiger partial charge is 0.338 e. The Hall–Kier alpha value is -2.07. The van der Waals surface area contributed by atoms with Crippen molar-refractivity contribution in [2.45, 2.75) is 58.7 Å². The standard InChI is InChI=1S/C22H30O4/c1-15(2)19-11-13-22(4,25)12-5-6-16(3)14-20(19)26-21(24)17-7-9-18(23)10-8-17/h6-11,13,15,19-20,23,25H,5,12,14H2,1-4H3/t19-,20-,22+/m0/s1. The van der Waals surface area contributed by atoms with Gasteiger partial charge in [0.15, 0.2) is 0 Å². The molecule has 1 aliphatic rings. The van der Waals surface area contributed by atoms with E-state index in [2.05, 4.69) is 19.9 Å². The van der Waals surface area contributed by atoms with Crippen molar-refractivity contribution < 1.29 is 19.7 Å². The van der Waals surface area contributed by atoms with Gasteiger partial charge in [0.1, 0.15) is 11.9 Å². The van der Waals surface area contributed by atoms with Gasteiger partial charge in [-0.25, -0.2) is 4.79 Å². The van der Waals surface area contributed by atoms with Gasteiger partial charge in [0.05, 0.1) is 11.2 Å². The van der Waals surface area contributed by atoms with Crippen LogP contribution in [0.2, 0.25) is 0 Å². The fraction of sp³-hybridized carbons (Fsp3) is 0.500. The highest BCUT2D eigenvalue weighted by Crippen LogP contribution is 2.29. The lowest BCUT2D eigenvalue weighted by Gasteiger charge is -2.30. The second-order valence-electron chi connectivity index (χ2n) is 7.82. The summed E-state index contributed by atoms with van der Waals surface area (Å²) in [5.41, 5.74) is 0.706. The van der Waals surface area contributed by atoms with Crippen molar-refractivity contribution in [3.8, 4) is 5.75 Å². The number of rotatable bonds is 3. The SMILES string of the molecule is CC1=CCC[C@@](C)(O)C=C[C@@H](C(C)C)[C@@H](OC(=O)c2ccc(O)cc2)C1. The minimum Gasteiger partial charge on any atom is -0.508 e. The van der Waals surface area contributed by atoms with Gasteiger partial charge < -0.3 is 14.9 Å². The zero-order chi connectivity index (χ0) is 19.3. The van der Waals surface area contributed by atoms with Crippen LogP contribution >= 0.6 is 0 Å². The number of hydrogen-bond donors (Lipinski definition) is 2. The van der Waals surface area contributed by atoms with Crippen molar-refractivity contribution in [3.63, 3.8) is 0 Å². The first-order valence-electron chi connectivity index (χ1n) is 9.25. The summed E-state index contributed by atoms with van der Waals surface area (Å²) in [6.45, 7) is 8.04. The third-order valence-electron chi connectivity index (χ3n) is 4.90. The predicted octanol–water partition coefficient (Wildman–Crippen LogP) is 4.63. The maximum Gasteiger partial charge on any atom is 0.338 e. The van der Waals surface area contributed by atoms with Gasteiger partial charge in [-0.15, -0.1) is 0 Å². The van der Waals surface area contributed by atoms with E-state index in [1.807, 2.05) is 26.0 Å². The van der Waals surface area contributed by atoms with Crippen LogP contribution in [0.1, 0.15) is 57.3 Å². The molecule has 0 aromatic heterocycles. The Kier molecular flexibility index (Phi) is 6.65. The fourth-order valence-corrected chi connectivity index (χ4v) is 3.25. The Morgan fingerprint density at radius 2 is 1.92 bits per heavy atom. The van der Waals surface area contributed by atoms with Crippen LogP contribution in [0.4, 0.5) is 0 Å². The summed E-state index contributed by atoms with van der Waals surface area (Å²) in [6.07, 6.45) is 7.77. The van der Waals surface area contributed by atoms with E-state index < -0.39 is 11.6 Å². The van der Waals surface area contributed by atoms with Gasteiger partial charge >= 0.3 is 5.97 Å². The van der Waals surface area contributed by atoms with Crippen molar-refractivity contribution in [1.29, 1.82) is 0 Å².